The van der Waals surface area contributed by atoms with Crippen LogP contribution in [0.2, 0.25) is 0 Å². The number of hydrazine groups is 1. The van der Waals surface area contributed by atoms with Crippen molar-refractivity contribution in [3.05, 3.63) is 0 Å². The number of ketones is 1. The fourth-order valence-corrected chi connectivity index (χ4v) is 2.46. The van der Waals surface area contributed by atoms with Crippen molar-refractivity contribution in [1.82, 2.24) is 10.3 Å². The average molecular weight is 349 g/mol. The summed E-state index contributed by atoms with van der Waals surface area (Å²) in [6.45, 7) is -0.188. The Morgan fingerprint density at radius 3 is 2.26 bits per heavy atom. The van der Waals surface area contributed by atoms with Gasteiger partial charge in [0.25, 0.3) is 0 Å². The lowest BCUT2D eigenvalue weighted by atomic mass is 9.86. The van der Waals surface area contributed by atoms with E-state index in [1.165, 1.54) is 5.01 Å². The van der Waals surface area contributed by atoms with Crippen molar-refractivity contribution in [2.45, 2.75) is 44.1 Å². The highest BCUT2D eigenvalue weighted by atomic mass is 19.4. The van der Waals surface area contributed by atoms with Crippen molar-refractivity contribution in [2.24, 2.45) is 11.8 Å². The molecule has 1 aliphatic heterocycles. The first-order chi connectivity index (χ1) is 10.4. The highest BCUT2D eigenvalue weighted by molar-refractivity contribution is 5.86. The Morgan fingerprint density at radius 1 is 1.13 bits per heavy atom. The van der Waals surface area contributed by atoms with Crippen molar-refractivity contribution in [3.8, 4) is 0 Å². The zero-order chi connectivity index (χ0) is 17.8. The SMILES string of the molecule is NN1CCC(C(=O)C(F)(F)F)CC1CCCNC(=O)C(F)(F)F. The molecule has 1 rings (SSSR count). The van der Waals surface area contributed by atoms with E-state index >= 15 is 0 Å². The van der Waals surface area contributed by atoms with Crippen LogP contribution < -0.4 is 11.2 Å². The van der Waals surface area contributed by atoms with E-state index in [2.05, 4.69) is 0 Å². The summed E-state index contributed by atoms with van der Waals surface area (Å²) in [5.41, 5.74) is 0. The summed E-state index contributed by atoms with van der Waals surface area (Å²) < 4.78 is 73.1. The first kappa shape index (κ1) is 19.7. The zero-order valence-electron chi connectivity index (χ0n) is 12.0. The van der Waals surface area contributed by atoms with Gasteiger partial charge in [-0.25, -0.2) is 5.01 Å². The van der Waals surface area contributed by atoms with Crippen LogP contribution in [0, 0.1) is 5.92 Å². The molecule has 134 valence electrons. The van der Waals surface area contributed by atoms with Gasteiger partial charge in [-0.2, -0.15) is 26.3 Å². The number of carbonyl (C=O) groups is 2. The van der Waals surface area contributed by atoms with Crippen molar-refractivity contribution in [3.63, 3.8) is 0 Å². The molecule has 0 radical (unpaired) electrons. The Bertz CT molecular complexity index is 437. The van der Waals surface area contributed by atoms with Crippen LogP contribution in [0.1, 0.15) is 25.7 Å². The van der Waals surface area contributed by atoms with E-state index in [0.29, 0.717) is 0 Å². The van der Waals surface area contributed by atoms with E-state index in [0.717, 1.165) is 0 Å². The number of piperidine rings is 1. The van der Waals surface area contributed by atoms with E-state index in [-0.39, 0.29) is 38.8 Å². The number of halogens is 6. The van der Waals surface area contributed by atoms with Crippen molar-refractivity contribution >= 4 is 11.7 Å². The first-order valence-corrected chi connectivity index (χ1v) is 6.90. The minimum absolute atomic E-state index is 0.0177. The number of nitrogens with zero attached hydrogens (tertiary/aromatic N) is 1. The van der Waals surface area contributed by atoms with Crippen LogP contribution >= 0.6 is 0 Å². The molecule has 0 aromatic rings. The van der Waals surface area contributed by atoms with Crippen LogP contribution in [0.25, 0.3) is 0 Å². The molecule has 2 unspecified atom stereocenters. The van der Waals surface area contributed by atoms with E-state index in [4.69, 9.17) is 5.84 Å². The lowest BCUT2D eigenvalue weighted by molar-refractivity contribution is -0.177. The maximum Gasteiger partial charge on any atom is 0.471 e. The number of nitrogens with one attached hydrogen (secondary N) is 1. The molecule has 1 heterocycles. The maximum atomic E-state index is 12.4. The molecule has 0 bridgehead atoms. The topological polar surface area (TPSA) is 75.4 Å². The van der Waals surface area contributed by atoms with Gasteiger partial charge >= 0.3 is 18.3 Å². The molecule has 1 aliphatic rings. The molecule has 1 saturated heterocycles. The maximum absolute atomic E-state index is 12.4. The molecule has 0 aromatic heterocycles. The molecule has 0 aliphatic carbocycles. The third-order valence-electron chi connectivity index (χ3n) is 3.67. The summed E-state index contributed by atoms with van der Waals surface area (Å²) in [6.07, 6.45) is -9.73. The number of hydrogen-bond acceptors (Lipinski definition) is 4. The summed E-state index contributed by atoms with van der Waals surface area (Å²) in [5.74, 6) is 0.567. The Morgan fingerprint density at radius 2 is 1.74 bits per heavy atom. The van der Waals surface area contributed by atoms with Crippen molar-refractivity contribution < 1.29 is 35.9 Å². The second-order valence-electron chi connectivity index (χ2n) is 5.37. The van der Waals surface area contributed by atoms with Gasteiger partial charge in [0.05, 0.1) is 0 Å². The smallest absolute Gasteiger partial charge is 0.348 e. The fourth-order valence-electron chi connectivity index (χ4n) is 2.46. The van der Waals surface area contributed by atoms with Gasteiger partial charge in [-0.3, -0.25) is 15.4 Å². The lowest BCUT2D eigenvalue weighted by Crippen LogP contribution is -2.50. The van der Waals surface area contributed by atoms with Crippen LogP contribution in [-0.2, 0) is 9.59 Å². The molecule has 0 saturated carbocycles. The second kappa shape index (κ2) is 7.47. The highest BCUT2D eigenvalue weighted by Gasteiger charge is 2.45. The number of hydrogen-bond donors (Lipinski definition) is 2. The number of amides is 1. The largest absolute Gasteiger partial charge is 0.471 e. The highest BCUT2D eigenvalue weighted by Crippen LogP contribution is 2.30. The predicted octanol–water partition coefficient (Wildman–Crippen LogP) is 1.53. The quantitative estimate of drug-likeness (QED) is 0.448. The van der Waals surface area contributed by atoms with Crippen LogP contribution in [0.15, 0.2) is 0 Å². The molecule has 2 atom stereocenters. The second-order valence-corrected chi connectivity index (χ2v) is 5.37. The average Bonchev–Trinajstić information content (AvgIpc) is 2.42. The number of carbonyl (C=O) groups excluding carboxylic acids is 2. The predicted molar refractivity (Wildman–Crippen MR) is 66.8 cm³/mol. The molecule has 23 heavy (non-hydrogen) atoms. The van der Waals surface area contributed by atoms with Crippen LogP contribution in [0.3, 0.4) is 0 Å². The van der Waals surface area contributed by atoms with Crippen LogP contribution in [0.5, 0.6) is 0 Å². The van der Waals surface area contributed by atoms with Crippen LogP contribution in [-0.4, -0.2) is 48.2 Å². The normalized spacial score (nSPS) is 23.6. The zero-order valence-corrected chi connectivity index (χ0v) is 12.0. The van der Waals surface area contributed by atoms with Gasteiger partial charge in [-0.05, 0) is 25.7 Å². The van der Waals surface area contributed by atoms with Gasteiger partial charge in [0.2, 0.25) is 5.78 Å². The van der Waals surface area contributed by atoms with Gasteiger partial charge in [0, 0.05) is 25.0 Å². The summed E-state index contributed by atoms with van der Waals surface area (Å²) in [4.78, 5) is 21.8. The fraction of sp³-hybridized carbons (Fsp3) is 0.833. The molecule has 1 amide bonds. The number of alkyl halides is 6. The van der Waals surface area contributed by atoms with Gasteiger partial charge in [0.1, 0.15) is 0 Å². The van der Waals surface area contributed by atoms with Crippen molar-refractivity contribution in [2.75, 3.05) is 13.1 Å². The Labute approximate surface area is 128 Å². The Balaban J connectivity index is 2.43. The summed E-state index contributed by atoms with van der Waals surface area (Å²) >= 11 is 0. The molecule has 0 aromatic carbocycles. The minimum Gasteiger partial charge on any atom is -0.348 e. The van der Waals surface area contributed by atoms with Gasteiger partial charge in [-0.1, -0.05) is 0 Å². The Kier molecular flexibility index (Phi) is 6.40. The molecule has 3 N–H and O–H groups in total. The lowest BCUT2D eigenvalue weighted by Gasteiger charge is -2.36. The number of nitrogens with two attached hydrogens (primary N) is 1. The first-order valence-electron chi connectivity index (χ1n) is 6.90. The van der Waals surface area contributed by atoms with E-state index in [1.807, 2.05) is 0 Å². The van der Waals surface area contributed by atoms with Gasteiger partial charge < -0.3 is 5.32 Å². The summed E-state index contributed by atoms with van der Waals surface area (Å²) in [5, 5.41) is 2.95. The van der Waals surface area contributed by atoms with Gasteiger partial charge in [-0.15, -0.1) is 0 Å². The third kappa shape index (κ3) is 5.98. The molecular formula is C12H17F6N3O2. The molecule has 11 heteroatoms. The molecular weight excluding hydrogens is 332 g/mol. The molecule has 1 fully saturated rings. The van der Waals surface area contributed by atoms with Crippen molar-refractivity contribution in [1.29, 1.82) is 0 Å². The van der Waals surface area contributed by atoms with Crippen LogP contribution in [0.4, 0.5) is 26.3 Å². The third-order valence-corrected chi connectivity index (χ3v) is 3.67. The summed E-state index contributed by atoms with van der Waals surface area (Å²) in [6, 6.07) is -0.553. The van der Waals surface area contributed by atoms with E-state index in [1.54, 1.807) is 5.32 Å². The monoisotopic (exact) mass is 349 g/mol. The summed E-state index contributed by atoms with van der Waals surface area (Å²) in [7, 11) is 0. The number of rotatable bonds is 5. The van der Waals surface area contributed by atoms with Gasteiger partial charge in [0.15, 0.2) is 0 Å². The minimum atomic E-state index is -4.98. The Hall–Kier alpha value is -1.36. The molecule has 5 nitrogen and oxygen atoms in total. The standard InChI is InChI=1S/C12H17F6N3O2/c13-11(14,15)9(22)7-3-5-21(19)8(6-7)2-1-4-20-10(23)12(16,17)18/h7-8H,1-6,19H2,(H,20,23). The van der Waals surface area contributed by atoms with E-state index in [9.17, 15) is 35.9 Å². The molecule has 0 spiro atoms. The number of Topliss-reactive ketones (excluding diaryl/α,β-unsaturated/α-hetero) is 1. The van der Waals surface area contributed by atoms with E-state index < -0.39 is 36.0 Å².